The second kappa shape index (κ2) is 10.2. The number of carbonyl (C=O) groups is 1. The minimum atomic E-state index is -0.684. The first-order valence-electron chi connectivity index (χ1n) is 9.48. The highest BCUT2D eigenvalue weighted by Crippen LogP contribution is 2.28. The van der Waals surface area contributed by atoms with E-state index in [1.807, 2.05) is 60.7 Å². The molecule has 0 atom stereocenters. The van der Waals surface area contributed by atoms with Gasteiger partial charge in [-0.1, -0.05) is 60.7 Å². The Bertz CT molecular complexity index is 957. The van der Waals surface area contributed by atoms with Crippen molar-refractivity contribution in [2.75, 3.05) is 13.2 Å². The van der Waals surface area contributed by atoms with Gasteiger partial charge < -0.3 is 10.1 Å². The summed E-state index contributed by atoms with van der Waals surface area (Å²) < 4.78 is 18.5. The molecule has 154 valence electrons. The third-order valence-corrected chi connectivity index (χ3v) is 4.64. The lowest BCUT2D eigenvalue weighted by Crippen LogP contribution is -2.30. The Morgan fingerprint density at radius 1 is 1.00 bits per heavy atom. The number of hydrogen-bond acceptors (Lipinski definition) is 4. The van der Waals surface area contributed by atoms with Gasteiger partial charge in [-0.05, 0) is 23.6 Å². The number of ether oxygens (including phenoxy) is 1. The number of benzene rings is 3. The van der Waals surface area contributed by atoms with Gasteiger partial charge in [0.15, 0.2) is 6.61 Å². The zero-order chi connectivity index (χ0) is 21.3. The molecule has 0 aliphatic rings. The van der Waals surface area contributed by atoms with E-state index in [4.69, 9.17) is 4.74 Å². The van der Waals surface area contributed by atoms with Crippen LogP contribution in [0.25, 0.3) is 0 Å². The third kappa shape index (κ3) is 5.64. The maximum Gasteiger partial charge on any atom is 0.311 e. The van der Waals surface area contributed by atoms with Gasteiger partial charge in [-0.15, -0.1) is 0 Å². The Morgan fingerprint density at radius 2 is 1.60 bits per heavy atom. The molecule has 3 rings (SSSR count). The first-order valence-corrected chi connectivity index (χ1v) is 9.48. The van der Waals surface area contributed by atoms with Crippen molar-refractivity contribution in [2.45, 2.75) is 12.3 Å². The summed E-state index contributed by atoms with van der Waals surface area (Å²) >= 11 is 0. The Labute approximate surface area is 173 Å². The summed E-state index contributed by atoms with van der Waals surface area (Å²) in [5.41, 5.74) is 1.89. The van der Waals surface area contributed by atoms with Crippen molar-refractivity contribution in [1.82, 2.24) is 5.32 Å². The van der Waals surface area contributed by atoms with Gasteiger partial charge in [0.2, 0.25) is 5.75 Å². The fourth-order valence-corrected chi connectivity index (χ4v) is 3.20. The van der Waals surface area contributed by atoms with E-state index in [1.54, 1.807) is 0 Å². The summed E-state index contributed by atoms with van der Waals surface area (Å²) in [6.45, 7) is -0.0481. The number of nitro benzene ring substituents is 1. The topological polar surface area (TPSA) is 81.5 Å². The van der Waals surface area contributed by atoms with Crippen LogP contribution in [-0.2, 0) is 4.79 Å². The second-order valence-corrected chi connectivity index (χ2v) is 6.67. The van der Waals surface area contributed by atoms with Gasteiger partial charge >= 0.3 is 5.69 Å². The first-order chi connectivity index (χ1) is 14.5. The molecule has 1 N–H and O–H groups in total. The lowest BCUT2D eigenvalue weighted by Gasteiger charge is -2.18. The number of nitrogens with zero attached hydrogens (tertiary/aromatic N) is 1. The van der Waals surface area contributed by atoms with E-state index in [1.165, 1.54) is 0 Å². The van der Waals surface area contributed by atoms with Crippen LogP contribution in [0.3, 0.4) is 0 Å². The number of nitrogens with one attached hydrogen (secondary N) is 1. The van der Waals surface area contributed by atoms with E-state index in [0.29, 0.717) is 13.0 Å². The molecule has 0 saturated heterocycles. The number of rotatable bonds is 9. The SMILES string of the molecule is O=C(COc1cc(F)ccc1[N+](=O)[O-])NCCC(c1ccccc1)c1ccccc1. The maximum absolute atomic E-state index is 13.3. The lowest BCUT2D eigenvalue weighted by molar-refractivity contribution is -0.385. The van der Waals surface area contributed by atoms with E-state index in [0.717, 1.165) is 29.3 Å². The van der Waals surface area contributed by atoms with Crippen LogP contribution in [0.4, 0.5) is 10.1 Å². The van der Waals surface area contributed by atoms with E-state index >= 15 is 0 Å². The van der Waals surface area contributed by atoms with E-state index < -0.39 is 28.9 Å². The number of hydrogen-bond donors (Lipinski definition) is 1. The molecule has 0 heterocycles. The predicted molar refractivity (Wildman–Crippen MR) is 111 cm³/mol. The van der Waals surface area contributed by atoms with Gasteiger partial charge in [0.25, 0.3) is 5.91 Å². The minimum absolute atomic E-state index is 0.109. The van der Waals surface area contributed by atoms with Crippen LogP contribution in [0.1, 0.15) is 23.5 Å². The van der Waals surface area contributed by atoms with Crippen molar-refractivity contribution >= 4 is 11.6 Å². The fraction of sp³-hybridized carbons (Fsp3) is 0.174. The van der Waals surface area contributed by atoms with Gasteiger partial charge in [-0.3, -0.25) is 14.9 Å². The Balaban J connectivity index is 1.58. The number of amides is 1. The molecular weight excluding hydrogens is 387 g/mol. The molecule has 0 aliphatic heterocycles. The molecule has 3 aromatic rings. The smallest absolute Gasteiger partial charge is 0.311 e. The fourth-order valence-electron chi connectivity index (χ4n) is 3.20. The molecule has 30 heavy (non-hydrogen) atoms. The highest BCUT2D eigenvalue weighted by Gasteiger charge is 2.18. The zero-order valence-electron chi connectivity index (χ0n) is 16.2. The quantitative estimate of drug-likeness (QED) is 0.419. The van der Waals surface area contributed by atoms with Gasteiger partial charge in [-0.25, -0.2) is 4.39 Å². The molecule has 0 saturated carbocycles. The van der Waals surface area contributed by atoms with Gasteiger partial charge in [0.1, 0.15) is 5.82 Å². The largest absolute Gasteiger partial charge is 0.477 e. The van der Waals surface area contributed by atoms with E-state index in [-0.39, 0.29) is 11.7 Å². The zero-order valence-corrected chi connectivity index (χ0v) is 16.2. The number of nitro groups is 1. The molecule has 0 spiro atoms. The van der Waals surface area contributed by atoms with Crippen LogP contribution in [-0.4, -0.2) is 24.0 Å². The molecule has 0 fully saturated rings. The molecule has 1 amide bonds. The van der Waals surface area contributed by atoms with Crippen LogP contribution in [0.2, 0.25) is 0 Å². The molecule has 6 nitrogen and oxygen atoms in total. The monoisotopic (exact) mass is 408 g/mol. The van der Waals surface area contributed by atoms with Crippen LogP contribution in [0, 0.1) is 15.9 Å². The van der Waals surface area contributed by atoms with Crippen molar-refractivity contribution in [2.24, 2.45) is 0 Å². The standard InChI is InChI=1S/C23H21FN2O4/c24-19-11-12-21(26(28)29)22(15-19)30-16-23(27)25-14-13-20(17-7-3-1-4-8-17)18-9-5-2-6-10-18/h1-12,15,20H,13-14,16H2,(H,25,27). The number of halogens is 1. The normalized spacial score (nSPS) is 10.6. The molecular formula is C23H21FN2O4. The predicted octanol–water partition coefficient (Wildman–Crippen LogP) is 4.45. The van der Waals surface area contributed by atoms with Gasteiger partial charge in [0, 0.05) is 24.6 Å². The molecule has 0 radical (unpaired) electrons. The lowest BCUT2D eigenvalue weighted by atomic mass is 9.88. The highest BCUT2D eigenvalue weighted by atomic mass is 19.1. The summed E-state index contributed by atoms with van der Waals surface area (Å²) in [6.07, 6.45) is 0.667. The first kappa shape index (κ1) is 21.0. The van der Waals surface area contributed by atoms with Crippen LogP contribution < -0.4 is 10.1 Å². The molecule has 7 heteroatoms. The third-order valence-electron chi connectivity index (χ3n) is 4.64. The molecule has 0 aliphatic carbocycles. The maximum atomic E-state index is 13.3. The Kier molecular flexibility index (Phi) is 7.10. The van der Waals surface area contributed by atoms with Crippen LogP contribution in [0.15, 0.2) is 78.9 Å². The second-order valence-electron chi connectivity index (χ2n) is 6.67. The van der Waals surface area contributed by atoms with Crippen LogP contribution in [0.5, 0.6) is 5.75 Å². The van der Waals surface area contributed by atoms with E-state index in [2.05, 4.69) is 5.32 Å². The van der Waals surface area contributed by atoms with Crippen molar-refractivity contribution in [1.29, 1.82) is 0 Å². The summed E-state index contributed by atoms with van der Waals surface area (Å²) in [5, 5.41) is 13.8. The van der Waals surface area contributed by atoms with Crippen molar-refractivity contribution in [3.8, 4) is 5.75 Å². The molecule has 0 aromatic heterocycles. The van der Waals surface area contributed by atoms with E-state index in [9.17, 15) is 19.3 Å². The minimum Gasteiger partial charge on any atom is -0.477 e. The Hall–Kier alpha value is -3.74. The number of carbonyl (C=O) groups excluding carboxylic acids is 1. The summed E-state index contributed by atoms with van der Waals surface area (Å²) in [7, 11) is 0. The average molecular weight is 408 g/mol. The van der Waals surface area contributed by atoms with Crippen molar-refractivity contribution < 1.29 is 18.8 Å². The van der Waals surface area contributed by atoms with Crippen molar-refractivity contribution in [3.63, 3.8) is 0 Å². The Morgan fingerprint density at radius 3 is 2.17 bits per heavy atom. The van der Waals surface area contributed by atoms with Gasteiger partial charge in [-0.2, -0.15) is 0 Å². The summed E-state index contributed by atoms with van der Waals surface area (Å²) in [5.74, 6) is -1.28. The van der Waals surface area contributed by atoms with Gasteiger partial charge in [0.05, 0.1) is 4.92 Å². The van der Waals surface area contributed by atoms with Crippen LogP contribution >= 0.6 is 0 Å². The average Bonchev–Trinajstić information content (AvgIpc) is 2.76. The summed E-state index contributed by atoms with van der Waals surface area (Å²) in [6, 6.07) is 22.9. The molecule has 0 bridgehead atoms. The molecule has 3 aromatic carbocycles. The van der Waals surface area contributed by atoms with Crippen molar-refractivity contribution in [3.05, 3.63) is 106 Å². The molecule has 0 unspecified atom stereocenters. The summed E-state index contributed by atoms with van der Waals surface area (Å²) in [4.78, 5) is 22.5. The highest BCUT2D eigenvalue weighted by molar-refractivity contribution is 5.77.